The van der Waals surface area contributed by atoms with E-state index in [2.05, 4.69) is 10.4 Å². The lowest BCUT2D eigenvalue weighted by atomic mass is 10.0. The SMILES string of the molecule is CC(O)C1CCN(c2nc(NN)c(F)cc2F)C1. The fourth-order valence-electron chi connectivity index (χ4n) is 2.15. The zero-order valence-corrected chi connectivity index (χ0v) is 10.0. The summed E-state index contributed by atoms with van der Waals surface area (Å²) in [5.74, 6) is 3.51. The van der Waals surface area contributed by atoms with Crippen molar-refractivity contribution in [3.8, 4) is 0 Å². The van der Waals surface area contributed by atoms with Crippen LogP contribution in [0, 0.1) is 17.6 Å². The zero-order valence-electron chi connectivity index (χ0n) is 10.0. The van der Waals surface area contributed by atoms with Crippen molar-refractivity contribution in [1.29, 1.82) is 0 Å². The number of nitrogens with two attached hydrogens (primary N) is 1. The topological polar surface area (TPSA) is 74.4 Å². The number of nitrogens with one attached hydrogen (secondary N) is 1. The van der Waals surface area contributed by atoms with E-state index in [0.717, 1.165) is 12.5 Å². The highest BCUT2D eigenvalue weighted by Gasteiger charge is 2.29. The average Bonchev–Trinajstić information content (AvgIpc) is 2.78. The van der Waals surface area contributed by atoms with Crippen LogP contribution in [0.15, 0.2) is 6.07 Å². The molecular formula is C11H16F2N4O. The minimum atomic E-state index is -0.829. The lowest BCUT2D eigenvalue weighted by molar-refractivity contribution is 0.136. The Morgan fingerprint density at radius 2 is 2.28 bits per heavy atom. The van der Waals surface area contributed by atoms with Crippen molar-refractivity contribution in [3.05, 3.63) is 17.7 Å². The van der Waals surface area contributed by atoms with Gasteiger partial charge in [0.15, 0.2) is 23.3 Å². The molecule has 2 atom stereocenters. The van der Waals surface area contributed by atoms with E-state index < -0.39 is 17.7 Å². The minimum absolute atomic E-state index is 0.0625. The molecule has 0 aromatic carbocycles. The van der Waals surface area contributed by atoms with Crippen molar-refractivity contribution in [2.75, 3.05) is 23.4 Å². The summed E-state index contributed by atoms with van der Waals surface area (Å²) < 4.78 is 26.9. The first-order valence-electron chi connectivity index (χ1n) is 5.78. The van der Waals surface area contributed by atoms with Crippen LogP contribution in [0.2, 0.25) is 0 Å². The van der Waals surface area contributed by atoms with Crippen molar-refractivity contribution in [2.24, 2.45) is 11.8 Å². The Bertz CT molecular complexity index is 441. The van der Waals surface area contributed by atoms with Crippen LogP contribution in [-0.4, -0.2) is 29.3 Å². The molecule has 0 saturated carbocycles. The van der Waals surface area contributed by atoms with Gasteiger partial charge in [-0.1, -0.05) is 0 Å². The van der Waals surface area contributed by atoms with Crippen LogP contribution in [0.5, 0.6) is 0 Å². The highest BCUT2D eigenvalue weighted by atomic mass is 19.1. The number of pyridine rings is 1. The van der Waals surface area contributed by atoms with Gasteiger partial charge < -0.3 is 15.4 Å². The van der Waals surface area contributed by atoms with Gasteiger partial charge in [0.2, 0.25) is 0 Å². The lowest BCUT2D eigenvalue weighted by Crippen LogP contribution is -2.26. The molecule has 4 N–H and O–H groups in total. The van der Waals surface area contributed by atoms with Gasteiger partial charge in [0, 0.05) is 25.1 Å². The van der Waals surface area contributed by atoms with Gasteiger partial charge in [0.25, 0.3) is 0 Å². The zero-order chi connectivity index (χ0) is 13.3. The molecule has 1 aromatic heterocycles. The first-order chi connectivity index (χ1) is 8.52. The Hall–Kier alpha value is -1.47. The quantitative estimate of drug-likeness (QED) is 0.553. The number of nitrogen functional groups attached to an aromatic ring is 1. The van der Waals surface area contributed by atoms with Gasteiger partial charge in [-0.2, -0.15) is 0 Å². The molecule has 1 aliphatic rings. The summed E-state index contributed by atoms with van der Waals surface area (Å²) in [5, 5.41) is 9.50. The number of anilines is 2. The second-order valence-electron chi connectivity index (χ2n) is 4.50. The maximum absolute atomic E-state index is 13.7. The van der Waals surface area contributed by atoms with Crippen molar-refractivity contribution in [1.82, 2.24) is 4.98 Å². The molecule has 7 heteroatoms. The normalized spacial score (nSPS) is 21.2. The standard InChI is InChI=1S/C11H16F2N4O/c1-6(18)7-2-3-17(5-7)11-9(13)4-8(12)10(15-11)16-14/h4,6-7,18H,2-3,5,14H2,1H3,(H,15,16). The van der Waals surface area contributed by atoms with E-state index >= 15 is 0 Å². The maximum atomic E-state index is 13.7. The molecule has 0 bridgehead atoms. The van der Waals surface area contributed by atoms with Crippen LogP contribution in [0.3, 0.4) is 0 Å². The first kappa shape index (κ1) is 13.0. The Labute approximate surface area is 104 Å². The molecule has 0 radical (unpaired) electrons. The number of aromatic nitrogens is 1. The van der Waals surface area contributed by atoms with E-state index in [1.807, 2.05) is 0 Å². The lowest BCUT2D eigenvalue weighted by Gasteiger charge is -2.19. The molecule has 2 rings (SSSR count). The summed E-state index contributed by atoms with van der Waals surface area (Å²) >= 11 is 0. The van der Waals surface area contributed by atoms with E-state index in [9.17, 15) is 13.9 Å². The molecular weight excluding hydrogens is 242 g/mol. The van der Waals surface area contributed by atoms with Crippen LogP contribution >= 0.6 is 0 Å². The number of aliphatic hydroxyl groups excluding tert-OH is 1. The van der Waals surface area contributed by atoms with E-state index in [-0.39, 0.29) is 17.6 Å². The molecule has 1 fully saturated rings. The van der Waals surface area contributed by atoms with Crippen LogP contribution in [0.25, 0.3) is 0 Å². The fourth-order valence-corrected chi connectivity index (χ4v) is 2.15. The third-order valence-electron chi connectivity index (χ3n) is 3.25. The summed E-state index contributed by atoms with van der Waals surface area (Å²) in [6.07, 6.45) is 0.298. The highest BCUT2D eigenvalue weighted by molar-refractivity contribution is 5.49. The summed E-state index contributed by atoms with van der Waals surface area (Å²) in [6.45, 7) is 2.78. The number of nitrogens with zero attached hydrogens (tertiary/aromatic N) is 2. The molecule has 2 unspecified atom stereocenters. The summed E-state index contributed by atoms with van der Waals surface area (Å²) in [5.41, 5.74) is 2.09. The van der Waals surface area contributed by atoms with Crippen LogP contribution in [-0.2, 0) is 0 Å². The van der Waals surface area contributed by atoms with E-state index in [4.69, 9.17) is 5.84 Å². The summed E-state index contributed by atoms with van der Waals surface area (Å²) in [7, 11) is 0. The molecule has 1 aromatic rings. The van der Waals surface area contributed by atoms with Gasteiger partial charge in [-0.25, -0.2) is 19.6 Å². The fraction of sp³-hybridized carbons (Fsp3) is 0.545. The number of hydrogen-bond acceptors (Lipinski definition) is 5. The number of aliphatic hydroxyl groups is 1. The van der Waals surface area contributed by atoms with Crippen LogP contribution < -0.4 is 16.2 Å². The van der Waals surface area contributed by atoms with Crippen molar-refractivity contribution in [2.45, 2.75) is 19.4 Å². The Morgan fingerprint density at radius 3 is 2.83 bits per heavy atom. The second-order valence-corrected chi connectivity index (χ2v) is 4.50. The largest absolute Gasteiger partial charge is 0.393 e. The summed E-state index contributed by atoms with van der Waals surface area (Å²) in [6, 6.07) is 0.757. The van der Waals surface area contributed by atoms with Gasteiger partial charge in [0.05, 0.1) is 6.10 Å². The van der Waals surface area contributed by atoms with E-state index in [1.165, 1.54) is 0 Å². The Kier molecular flexibility index (Phi) is 3.63. The smallest absolute Gasteiger partial charge is 0.178 e. The average molecular weight is 258 g/mol. The molecule has 1 aliphatic heterocycles. The molecule has 0 amide bonds. The maximum Gasteiger partial charge on any atom is 0.178 e. The highest BCUT2D eigenvalue weighted by Crippen LogP contribution is 2.28. The predicted octanol–water partition coefficient (Wildman–Crippen LogP) is 0.852. The monoisotopic (exact) mass is 258 g/mol. The Balaban J connectivity index is 2.24. The number of halogens is 2. The number of hydrogen-bond donors (Lipinski definition) is 3. The van der Waals surface area contributed by atoms with Gasteiger partial charge >= 0.3 is 0 Å². The number of rotatable bonds is 3. The van der Waals surface area contributed by atoms with Gasteiger partial charge in [-0.15, -0.1) is 0 Å². The van der Waals surface area contributed by atoms with Crippen LogP contribution in [0.4, 0.5) is 20.4 Å². The molecule has 18 heavy (non-hydrogen) atoms. The summed E-state index contributed by atoms with van der Waals surface area (Å²) in [4.78, 5) is 5.51. The van der Waals surface area contributed by atoms with E-state index in [1.54, 1.807) is 11.8 Å². The van der Waals surface area contributed by atoms with Gasteiger partial charge in [-0.3, -0.25) is 0 Å². The first-order valence-corrected chi connectivity index (χ1v) is 5.78. The second kappa shape index (κ2) is 5.03. The third-order valence-corrected chi connectivity index (χ3v) is 3.25. The van der Waals surface area contributed by atoms with Crippen molar-refractivity contribution < 1.29 is 13.9 Å². The molecule has 0 aliphatic carbocycles. The van der Waals surface area contributed by atoms with E-state index in [0.29, 0.717) is 13.1 Å². The third kappa shape index (κ3) is 2.37. The minimum Gasteiger partial charge on any atom is -0.393 e. The van der Waals surface area contributed by atoms with Gasteiger partial charge in [-0.05, 0) is 13.3 Å². The molecule has 5 nitrogen and oxygen atoms in total. The molecule has 1 saturated heterocycles. The predicted molar refractivity (Wildman–Crippen MR) is 64.0 cm³/mol. The molecule has 0 spiro atoms. The van der Waals surface area contributed by atoms with Crippen LogP contribution in [0.1, 0.15) is 13.3 Å². The van der Waals surface area contributed by atoms with Gasteiger partial charge in [0.1, 0.15) is 0 Å². The van der Waals surface area contributed by atoms with Crippen molar-refractivity contribution in [3.63, 3.8) is 0 Å². The Morgan fingerprint density at radius 1 is 1.56 bits per heavy atom. The van der Waals surface area contributed by atoms with Crippen molar-refractivity contribution >= 4 is 11.6 Å². The molecule has 2 heterocycles. The number of hydrazine groups is 1. The molecule has 100 valence electrons.